The van der Waals surface area contributed by atoms with Gasteiger partial charge in [0.2, 0.25) is 5.91 Å². The fourth-order valence-corrected chi connectivity index (χ4v) is 2.19. The summed E-state index contributed by atoms with van der Waals surface area (Å²) in [6, 6.07) is 9.18. The number of benzene rings is 1. The van der Waals surface area contributed by atoms with Gasteiger partial charge in [0, 0.05) is 13.1 Å². The summed E-state index contributed by atoms with van der Waals surface area (Å²) < 4.78 is 0. The van der Waals surface area contributed by atoms with Crippen molar-refractivity contribution in [2.45, 2.75) is 20.3 Å². The predicted molar refractivity (Wildman–Crippen MR) is 80.2 cm³/mol. The average molecular weight is 273 g/mol. The Morgan fingerprint density at radius 3 is 2.40 bits per heavy atom. The SMILES string of the molecule is CN(C)CC(C)(C)CNC(=O)Cc1ccc(C#N)cc1. The molecular weight excluding hydrogens is 250 g/mol. The lowest BCUT2D eigenvalue weighted by molar-refractivity contribution is -0.120. The highest BCUT2D eigenvalue weighted by Crippen LogP contribution is 2.14. The summed E-state index contributed by atoms with van der Waals surface area (Å²) in [5.41, 5.74) is 1.58. The van der Waals surface area contributed by atoms with Crippen molar-refractivity contribution in [3.63, 3.8) is 0 Å². The minimum Gasteiger partial charge on any atom is -0.355 e. The minimum atomic E-state index is 0.0153. The Morgan fingerprint density at radius 1 is 1.30 bits per heavy atom. The zero-order valence-corrected chi connectivity index (χ0v) is 12.7. The number of carbonyl (C=O) groups excluding carboxylic acids is 1. The van der Waals surface area contributed by atoms with Crippen molar-refractivity contribution in [1.82, 2.24) is 10.2 Å². The molecule has 0 atom stereocenters. The quantitative estimate of drug-likeness (QED) is 0.860. The molecule has 0 aliphatic heterocycles. The fourth-order valence-electron chi connectivity index (χ4n) is 2.19. The van der Waals surface area contributed by atoms with Gasteiger partial charge in [-0.25, -0.2) is 0 Å². The van der Waals surface area contributed by atoms with Gasteiger partial charge in [-0.15, -0.1) is 0 Å². The molecule has 1 N–H and O–H groups in total. The van der Waals surface area contributed by atoms with Gasteiger partial charge in [0.15, 0.2) is 0 Å². The number of hydrogen-bond acceptors (Lipinski definition) is 3. The normalized spacial score (nSPS) is 11.2. The number of nitriles is 1. The van der Waals surface area contributed by atoms with Gasteiger partial charge < -0.3 is 10.2 Å². The zero-order chi connectivity index (χ0) is 15.2. The Balaban J connectivity index is 2.45. The average Bonchev–Trinajstić information content (AvgIpc) is 2.36. The molecule has 0 unspecified atom stereocenters. The lowest BCUT2D eigenvalue weighted by Crippen LogP contribution is -2.40. The first-order valence-corrected chi connectivity index (χ1v) is 6.73. The Bertz CT molecular complexity index is 483. The highest BCUT2D eigenvalue weighted by atomic mass is 16.1. The fraction of sp³-hybridized carbons (Fsp3) is 0.500. The second-order valence-corrected chi connectivity index (χ2v) is 6.16. The second-order valence-electron chi connectivity index (χ2n) is 6.16. The van der Waals surface area contributed by atoms with Crippen LogP contribution in [0.2, 0.25) is 0 Å². The Morgan fingerprint density at radius 2 is 1.90 bits per heavy atom. The van der Waals surface area contributed by atoms with E-state index in [2.05, 4.69) is 30.1 Å². The number of hydrogen-bond donors (Lipinski definition) is 1. The van der Waals surface area contributed by atoms with Gasteiger partial charge in [0.25, 0.3) is 0 Å². The summed E-state index contributed by atoms with van der Waals surface area (Å²) in [6.45, 7) is 5.84. The minimum absolute atomic E-state index is 0.0153. The topological polar surface area (TPSA) is 56.1 Å². The summed E-state index contributed by atoms with van der Waals surface area (Å²) in [6.07, 6.45) is 0.351. The largest absolute Gasteiger partial charge is 0.355 e. The highest BCUT2D eigenvalue weighted by Gasteiger charge is 2.19. The molecule has 20 heavy (non-hydrogen) atoms. The van der Waals surface area contributed by atoms with Crippen LogP contribution in [-0.4, -0.2) is 38.0 Å². The van der Waals surface area contributed by atoms with Crippen LogP contribution in [0.5, 0.6) is 0 Å². The second kappa shape index (κ2) is 7.06. The van der Waals surface area contributed by atoms with Crippen LogP contribution in [-0.2, 0) is 11.2 Å². The van der Waals surface area contributed by atoms with E-state index in [1.165, 1.54) is 0 Å². The molecule has 0 fully saturated rings. The van der Waals surface area contributed by atoms with Gasteiger partial charge in [0.05, 0.1) is 18.1 Å². The van der Waals surface area contributed by atoms with E-state index >= 15 is 0 Å². The van der Waals surface area contributed by atoms with Crippen molar-refractivity contribution >= 4 is 5.91 Å². The maximum absolute atomic E-state index is 11.9. The van der Waals surface area contributed by atoms with Crippen molar-refractivity contribution in [2.24, 2.45) is 5.41 Å². The third-order valence-electron chi connectivity index (χ3n) is 2.96. The Hall–Kier alpha value is -1.86. The third kappa shape index (κ3) is 5.85. The highest BCUT2D eigenvalue weighted by molar-refractivity contribution is 5.78. The molecule has 0 radical (unpaired) electrons. The molecule has 1 rings (SSSR count). The summed E-state index contributed by atoms with van der Waals surface area (Å²) >= 11 is 0. The van der Waals surface area contributed by atoms with Crippen LogP contribution < -0.4 is 5.32 Å². The molecule has 0 aliphatic carbocycles. The van der Waals surface area contributed by atoms with Gasteiger partial charge in [-0.3, -0.25) is 4.79 Å². The lowest BCUT2D eigenvalue weighted by Gasteiger charge is -2.28. The maximum atomic E-state index is 11.9. The van der Waals surface area contributed by atoms with Crippen molar-refractivity contribution in [2.75, 3.05) is 27.2 Å². The molecule has 4 nitrogen and oxygen atoms in total. The standard InChI is InChI=1S/C16H23N3O/c1-16(2,12-19(3)4)11-18-15(20)9-13-5-7-14(10-17)8-6-13/h5-8H,9,11-12H2,1-4H3,(H,18,20). The summed E-state index contributed by atoms with van der Waals surface area (Å²) in [5.74, 6) is 0.0153. The number of amides is 1. The van der Waals surface area contributed by atoms with Crippen molar-refractivity contribution in [3.05, 3.63) is 35.4 Å². The van der Waals surface area contributed by atoms with Crippen LogP contribution in [0.15, 0.2) is 24.3 Å². The van der Waals surface area contributed by atoms with Crippen molar-refractivity contribution < 1.29 is 4.79 Å². The van der Waals surface area contributed by atoms with Gasteiger partial charge in [-0.1, -0.05) is 26.0 Å². The molecule has 1 amide bonds. The smallest absolute Gasteiger partial charge is 0.224 e. The number of nitrogens with zero attached hydrogens (tertiary/aromatic N) is 2. The summed E-state index contributed by atoms with van der Waals surface area (Å²) in [5, 5.41) is 11.7. The van der Waals surface area contributed by atoms with Gasteiger partial charge in [-0.05, 0) is 37.2 Å². The molecule has 4 heteroatoms. The molecule has 1 aromatic carbocycles. The van der Waals surface area contributed by atoms with E-state index in [9.17, 15) is 4.79 Å². The van der Waals surface area contributed by atoms with Crippen LogP contribution in [0.25, 0.3) is 0 Å². The van der Waals surface area contributed by atoms with Crippen LogP contribution in [0, 0.1) is 16.7 Å². The van der Waals surface area contributed by atoms with Crippen LogP contribution >= 0.6 is 0 Å². The number of nitrogens with one attached hydrogen (secondary N) is 1. The molecular formula is C16H23N3O. The molecule has 1 aromatic rings. The first-order valence-electron chi connectivity index (χ1n) is 6.73. The molecule has 0 saturated heterocycles. The maximum Gasteiger partial charge on any atom is 0.224 e. The molecule has 0 heterocycles. The first kappa shape index (κ1) is 16.2. The predicted octanol–water partition coefficient (Wildman–Crippen LogP) is 1.80. The van der Waals surface area contributed by atoms with Crippen LogP contribution in [0.1, 0.15) is 25.0 Å². The molecule has 0 aromatic heterocycles. The van der Waals surface area contributed by atoms with E-state index < -0.39 is 0 Å². The van der Waals surface area contributed by atoms with Crippen LogP contribution in [0.4, 0.5) is 0 Å². The third-order valence-corrected chi connectivity index (χ3v) is 2.96. The lowest BCUT2D eigenvalue weighted by atomic mass is 9.93. The Labute approximate surface area is 121 Å². The summed E-state index contributed by atoms with van der Waals surface area (Å²) in [4.78, 5) is 14.0. The van der Waals surface area contributed by atoms with Crippen molar-refractivity contribution in [1.29, 1.82) is 5.26 Å². The van der Waals surface area contributed by atoms with Gasteiger partial charge in [-0.2, -0.15) is 5.26 Å². The van der Waals surface area contributed by atoms with Gasteiger partial charge >= 0.3 is 0 Å². The Kier molecular flexibility index (Phi) is 5.72. The molecule has 0 aliphatic rings. The molecule has 108 valence electrons. The molecule has 0 bridgehead atoms. The monoisotopic (exact) mass is 273 g/mol. The van der Waals surface area contributed by atoms with Crippen LogP contribution in [0.3, 0.4) is 0 Å². The molecule has 0 saturated carbocycles. The number of rotatable bonds is 6. The van der Waals surface area contributed by atoms with E-state index in [4.69, 9.17) is 5.26 Å². The van der Waals surface area contributed by atoms with E-state index in [1.54, 1.807) is 12.1 Å². The van der Waals surface area contributed by atoms with Crippen molar-refractivity contribution in [3.8, 4) is 6.07 Å². The van der Waals surface area contributed by atoms with E-state index in [0.717, 1.165) is 12.1 Å². The van der Waals surface area contributed by atoms with E-state index in [-0.39, 0.29) is 11.3 Å². The van der Waals surface area contributed by atoms with E-state index in [0.29, 0.717) is 18.5 Å². The summed E-state index contributed by atoms with van der Waals surface area (Å²) in [7, 11) is 4.06. The first-order chi connectivity index (χ1) is 9.32. The zero-order valence-electron chi connectivity index (χ0n) is 12.7. The van der Waals surface area contributed by atoms with Gasteiger partial charge in [0.1, 0.15) is 0 Å². The number of carbonyl (C=O) groups is 1. The molecule has 0 spiro atoms. The van der Waals surface area contributed by atoms with E-state index in [1.807, 2.05) is 26.2 Å².